The van der Waals surface area contributed by atoms with Gasteiger partial charge in [-0.2, -0.15) is 13.2 Å². The van der Waals surface area contributed by atoms with Gasteiger partial charge in [0.2, 0.25) is 0 Å². The molecule has 3 atom stereocenters. The minimum absolute atomic E-state index is 0.0433. The monoisotopic (exact) mass is 344 g/mol. The quantitative estimate of drug-likeness (QED) is 0.880. The van der Waals surface area contributed by atoms with Crippen molar-refractivity contribution in [3.8, 4) is 0 Å². The fourth-order valence-corrected chi connectivity index (χ4v) is 3.16. The fraction of sp³-hybridized carbons (Fsp3) is 0.667. The van der Waals surface area contributed by atoms with E-state index in [-0.39, 0.29) is 17.4 Å². The van der Waals surface area contributed by atoms with Crippen molar-refractivity contribution >= 4 is 5.69 Å². The summed E-state index contributed by atoms with van der Waals surface area (Å²) in [6.07, 6.45) is -3.28. The van der Waals surface area contributed by atoms with Gasteiger partial charge in [-0.05, 0) is 48.4 Å². The van der Waals surface area contributed by atoms with Crippen LogP contribution in [0.5, 0.6) is 0 Å². The van der Waals surface area contributed by atoms with E-state index in [0.717, 1.165) is 24.2 Å². The predicted molar refractivity (Wildman–Crippen MR) is 89.8 cm³/mol. The Labute approximate surface area is 141 Å². The van der Waals surface area contributed by atoms with E-state index in [1.165, 1.54) is 12.1 Å². The van der Waals surface area contributed by atoms with Gasteiger partial charge in [-0.3, -0.25) is 0 Å². The standard InChI is InChI=1S/C18H27F3N2O/c1-17(2,3)16(24)9-12-8-14(22)11-23(10-12)15-6-4-13(5-7-15)18(19,20)21/h4-7,12,14,16,24H,8-11,22H2,1-3H3. The Morgan fingerprint density at radius 1 is 1.17 bits per heavy atom. The molecule has 1 aromatic carbocycles. The Morgan fingerprint density at radius 3 is 2.25 bits per heavy atom. The first-order valence-corrected chi connectivity index (χ1v) is 8.32. The van der Waals surface area contributed by atoms with Gasteiger partial charge in [0.1, 0.15) is 0 Å². The third-order valence-electron chi connectivity index (χ3n) is 4.69. The highest BCUT2D eigenvalue weighted by atomic mass is 19.4. The molecule has 1 heterocycles. The summed E-state index contributed by atoms with van der Waals surface area (Å²) in [6.45, 7) is 7.30. The molecule has 3 N–H and O–H groups in total. The highest BCUT2D eigenvalue weighted by molar-refractivity contribution is 5.48. The van der Waals surface area contributed by atoms with Crippen LogP contribution in [0.15, 0.2) is 24.3 Å². The second kappa shape index (κ2) is 6.92. The lowest BCUT2D eigenvalue weighted by atomic mass is 9.80. The van der Waals surface area contributed by atoms with Crippen molar-refractivity contribution in [2.24, 2.45) is 17.1 Å². The molecule has 6 heteroatoms. The smallest absolute Gasteiger partial charge is 0.393 e. The van der Waals surface area contributed by atoms with Crippen molar-refractivity contribution < 1.29 is 18.3 Å². The molecule has 1 aromatic rings. The number of benzene rings is 1. The Kier molecular flexibility index (Phi) is 5.50. The lowest BCUT2D eigenvalue weighted by Crippen LogP contribution is -2.48. The molecule has 1 aliphatic heterocycles. The Bertz CT molecular complexity index is 537. The maximum atomic E-state index is 12.7. The Hall–Kier alpha value is -1.27. The molecule has 0 amide bonds. The van der Waals surface area contributed by atoms with Crippen molar-refractivity contribution in [1.29, 1.82) is 0 Å². The van der Waals surface area contributed by atoms with E-state index in [0.29, 0.717) is 19.5 Å². The van der Waals surface area contributed by atoms with Crippen molar-refractivity contribution in [2.45, 2.75) is 51.9 Å². The molecule has 136 valence electrons. The zero-order valence-electron chi connectivity index (χ0n) is 14.5. The number of piperidine rings is 1. The second-order valence-corrected chi connectivity index (χ2v) is 7.93. The minimum atomic E-state index is -4.32. The van der Waals surface area contributed by atoms with E-state index in [9.17, 15) is 18.3 Å². The number of nitrogens with two attached hydrogens (primary N) is 1. The highest BCUT2D eigenvalue weighted by Crippen LogP contribution is 2.33. The topological polar surface area (TPSA) is 49.5 Å². The first kappa shape index (κ1) is 19.1. The molecular weight excluding hydrogens is 317 g/mol. The average molecular weight is 344 g/mol. The van der Waals surface area contributed by atoms with E-state index in [1.807, 2.05) is 25.7 Å². The Balaban J connectivity index is 2.08. The number of nitrogens with zero attached hydrogens (tertiary/aromatic N) is 1. The normalized spacial score (nSPS) is 24.1. The molecule has 3 nitrogen and oxygen atoms in total. The Morgan fingerprint density at radius 2 is 1.75 bits per heavy atom. The van der Waals surface area contributed by atoms with Gasteiger partial charge in [-0.15, -0.1) is 0 Å². The van der Waals surface area contributed by atoms with Gasteiger partial charge in [-0.25, -0.2) is 0 Å². The zero-order chi connectivity index (χ0) is 18.1. The molecule has 1 saturated heterocycles. The van der Waals surface area contributed by atoms with Crippen LogP contribution in [0.4, 0.5) is 18.9 Å². The average Bonchev–Trinajstić information content (AvgIpc) is 2.45. The van der Waals surface area contributed by atoms with E-state index in [1.54, 1.807) is 0 Å². The molecule has 1 aliphatic rings. The van der Waals surface area contributed by atoms with Crippen LogP contribution in [0.25, 0.3) is 0 Å². The molecule has 24 heavy (non-hydrogen) atoms. The molecular formula is C18H27F3N2O. The van der Waals surface area contributed by atoms with Crippen LogP contribution < -0.4 is 10.6 Å². The predicted octanol–water partition coefficient (Wildman–Crippen LogP) is 3.66. The van der Waals surface area contributed by atoms with Crippen LogP contribution in [0, 0.1) is 11.3 Å². The number of hydrogen-bond acceptors (Lipinski definition) is 3. The SMILES string of the molecule is CC(C)(C)C(O)CC1CC(N)CN(c2ccc(C(F)(F)F)cc2)C1. The molecule has 0 aliphatic carbocycles. The summed E-state index contributed by atoms with van der Waals surface area (Å²) in [5, 5.41) is 10.3. The van der Waals surface area contributed by atoms with Crippen molar-refractivity contribution in [3.63, 3.8) is 0 Å². The summed E-state index contributed by atoms with van der Waals surface area (Å²) in [4.78, 5) is 2.02. The van der Waals surface area contributed by atoms with E-state index >= 15 is 0 Å². The fourth-order valence-electron chi connectivity index (χ4n) is 3.16. The van der Waals surface area contributed by atoms with Crippen molar-refractivity contribution in [2.75, 3.05) is 18.0 Å². The van der Waals surface area contributed by atoms with Crippen molar-refractivity contribution in [1.82, 2.24) is 0 Å². The number of hydrogen-bond donors (Lipinski definition) is 2. The van der Waals surface area contributed by atoms with Gasteiger partial charge < -0.3 is 15.7 Å². The van der Waals surface area contributed by atoms with E-state index in [2.05, 4.69) is 0 Å². The maximum absolute atomic E-state index is 12.7. The third-order valence-corrected chi connectivity index (χ3v) is 4.69. The maximum Gasteiger partial charge on any atom is 0.416 e. The van der Waals surface area contributed by atoms with Crippen LogP contribution in [-0.4, -0.2) is 30.3 Å². The molecule has 0 bridgehead atoms. The van der Waals surface area contributed by atoms with Crippen molar-refractivity contribution in [3.05, 3.63) is 29.8 Å². The number of rotatable bonds is 3. The van der Waals surface area contributed by atoms with Crippen LogP contribution in [0.1, 0.15) is 39.2 Å². The van der Waals surface area contributed by atoms with Gasteiger partial charge in [0.15, 0.2) is 0 Å². The first-order chi connectivity index (χ1) is 11.0. The lowest BCUT2D eigenvalue weighted by Gasteiger charge is -2.40. The third kappa shape index (κ3) is 4.86. The van der Waals surface area contributed by atoms with E-state index in [4.69, 9.17) is 5.73 Å². The minimum Gasteiger partial charge on any atom is -0.393 e. The number of aliphatic hydroxyl groups is 1. The summed E-state index contributed by atoms with van der Waals surface area (Å²) in [6, 6.07) is 5.16. The summed E-state index contributed by atoms with van der Waals surface area (Å²) in [5.74, 6) is 0.227. The molecule has 0 radical (unpaired) electrons. The summed E-state index contributed by atoms with van der Waals surface area (Å²) in [7, 11) is 0. The van der Waals surface area contributed by atoms with Crippen LogP contribution in [0.3, 0.4) is 0 Å². The highest BCUT2D eigenvalue weighted by Gasteiger charge is 2.32. The van der Waals surface area contributed by atoms with Gasteiger partial charge in [0.25, 0.3) is 0 Å². The lowest BCUT2D eigenvalue weighted by molar-refractivity contribution is -0.137. The molecule has 3 unspecified atom stereocenters. The summed E-state index contributed by atoms with van der Waals surface area (Å²) in [5.41, 5.74) is 6.04. The molecule has 0 saturated carbocycles. The number of aliphatic hydroxyl groups excluding tert-OH is 1. The largest absolute Gasteiger partial charge is 0.416 e. The summed E-state index contributed by atoms with van der Waals surface area (Å²) < 4.78 is 38.0. The number of alkyl halides is 3. The zero-order valence-corrected chi connectivity index (χ0v) is 14.5. The summed E-state index contributed by atoms with van der Waals surface area (Å²) >= 11 is 0. The first-order valence-electron chi connectivity index (χ1n) is 8.32. The van der Waals surface area contributed by atoms with Crippen LogP contribution in [0.2, 0.25) is 0 Å². The molecule has 0 aromatic heterocycles. The van der Waals surface area contributed by atoms with Gasteiger partial charge in [0, 0.05) is 24.8 Å². The number of anilines is 1. The van der Waals surface area contributed by atoms with Crippen LogP contribution in [-0.2, 0) is 6.18 Å². The van der Waals surface area contributed by atoms with Gasteiger partial charge in [-0.1, -0.05) is 20.8 Å². The van der Waals surface area contributed by atoms with Gasteiger partial charge >= 0.3 is 6.18 Å². The van der Waals surface area contributed by atoms with Gasteiger partial charge in [0.05, 0.1) is 11.7 Å². The molecule has 0 spiro atoms. The second-order valence-electron chi connectivity index (χ2n) is 7.93. The molecule has 1 fully saturated rings. The van der Waals surface area contributed by atoms with E-state index < -0.39 is 17.8 Å². The molecule has 2 rings (SSSR count). The van der Waals surface area contributed by atoms with Crippen LogP contribution >= 0.6 is 0 Å². The number of halogens is 3.